The molecule has 24 heavy (non-hydrogen) atoms. The second-order valence-electron chi connectivity index (χ2n) is 9.09. The van der Waals surface area contributed by atoms with Crippen LogP contribution in [-0.2, 0) is 4.79 Å². The molecule has 1 amide bonds. The highest BCUT2D eigenvalue weighted by molar-refractivity contribution is 5.72. The lowest BCUT2D eigenvalue weighted by atomic mass is 9.78. The maximum Gasteiger partial charge on any atom is 0.216 e. The van der Waals surface area contributed by atoms with Crippen molar-refractivity contribution in [3.63, 3.8) is 0 Å². The molecule has 0 unspecified atom stereocenters. The number of hydrogen-bond acceptors (Lipinski definition) is 3. The van der Waals surface area contributed by atoms with E-state index < -0.39 is 0 Å². The van der Waals surface area contributed by atoms with Crippen LogP contribution in [0.4, 0.5) is 0 Å². The van der Waals surface area contributed by atoms with Crippen LogP contribution in [0.1, 0.15) is 73.1 Å². The molecular weight excluding hydrogens is 298 g/mol. The van der Waals surface area contributed by atoms with Crippen LogP contribution >= 0.6 is 0 Å². The lowest BCUT2D eigenvalue weighted by molar-refractivity contribution is -0.118. The predicted molar refractivity (Wildman–Crippen MR) is 103 cm³/mol. The highest BCUT2D eigenvalue weighted by Crippen LogP contribution is 2.34. The molecule has 4 heteroatoms. The van der Waals surface area contributed by atoms with E-state index in [4.69, 9.17) is 0 Å². The summed E-state index contributed by atoms with van der Waals surface area (Å²) in [7, 11) is 2.05. The number of likely N-dealkylation sites (tertiary alicyclic amines) is 1. The Labute approximate surface area is 150 Å². The van der Waals surface area contributed by atoms with Gasteiger partial charge in [0.1, 0.15) is 0 Å². The third-order valence-corrected chi connectivity index (χ3v) is 5.45. The van der Waals surface area contributed by atoms with E-state index in [9.17, 15) is 4.79 Å². The number of amides is 1. The van der Waals surface area contributed by atoms with Gasteiger partial charge in [0.2, 0.25) is 5.91 Å². The lowest BCUT2D eigenvalue weighted by Gasteiger charge is -2.46. The second-order valence-corrected chi connectivity index (χ2v) is 9.09. The van der Waals surface area contributed by atoms with Crippen molar-refractivity contribution in [3.05, 3.63) is 0 Å². The summed E-state index contributed by atoms with van der Waals surface area (Å²) in [5, 5.41) is 6.23. The predicted octanol–water partition coefficient (Wildman–Crippen LogP) is 3.42. The quantitative estimate of drug-likeness (QED) is 0.600. The summed E-state index contributed by atoms with van der Waals surface area (Å²) in [6.45, 7) is 15.5. The van der Waals surface area contributed by atoms with Gasteiger partial charge in [-0.1, -0.05) is 26.7 Å². The molecule has 0 aliphatic carbocycles. The molecule has 2 N–H and O–H groups in total. The fraction of sp³-hybridized carbons (Fsp3) is 0.950. The number of carbonyl (C=O) groups excluding carboxylic acids is 1. The third kappa shape index (κ3) is 7.98. The first-order valence-corrected chi connectivity index (χ1v) is 9.80. The van der Waals surface area contributed by atoms with Crippen LogP contribution in [0.3, 0.4) is 0 Å². The second kappa shape index (κ2) is 9.76. The standard InChI is InChI=1S/C20H41N3O/c1-17(24)22-12-8-7-9-18-10-13-23(14-11-18)20(4,5)15-19(2,3)16-21-6/h18,21H,7-16H2,1-6H3,(H,22,24). The number of piperidine rings is 1. The lowest BCUT2D eigenvalue weighted by Crippen LogP contribution is -2.51. The molecule has 0 atom stereocenters. The largest absolute Gasteiger partial charge is 0.356 e. The zero-order valence-corrected chi connectivity index (χ0v) is 17.0. The molecule has 1 aliphatic heterocycles. The number of rotatable bonds is 10. The van der Waals surface area contributed by atoms with Gasteiger partial charge in [-0.2, -0.15) is 0 Å². The van der Waals surface area contributed by atoms with Gasteiger partial charge in [0.05, 0.1) is 0 Å². The molecular formula is C20H41N3O. The topological polar surface area (TPSA) is 44.4 Å². The van der Waals surface area contributed by atoms with Crippen LogP contribution in [0.25, 0.3) is 0 Å². The summed E-state index contributed by atoms with van der Waals surface area (Å²) in [4.78, 5) is 13.6. The normalized spacial score (nSPS) is 17.9. The first-order valence-electron chi connectivity index (χ1n) is 9.80. The number of carbonyl (C=O) groups is 1. The van der Waals surface area contributed by atoms with Gasteiger partial charge in [0.15, 0.2) is 0 Å². The zero-order chi connectivity index (χ0) is 18.2. The minimum atomic E-state index is 0.0896. The Balaban J connectivity index is 2.30. The van der Waals surface area contributed by atoms with E-state index in [0.717, 1.165) is 25.4 Å². The molecule has 0 aromatic carbocycles. The maximum absolute atomic E-state index is 10.9. The van der Waals surface area contributed by atoms with E-state index >= 15 is 0 Å². The minimum absolute atomic E-state index is 0.0896. The van der Waals surface area contributed by atoms with Crippen molar-refractivity contribution in [2.24, 2.45) is 11.3 Å². The highest BCUT2D eigenvalue weighted by atomic mass is 16.1. The van der Waals surface area contributed by atoms with Gasteiger partial charge in [0, 0.05) is 25.6 Å². The molecule has 1 rings (SSSR count). The Morgan fingerprint density at radius 1 is 1.12 bits per heavy atom. The van der Waals surface area contributed by atoms with Crippen LogP contribution < -0.4 is 10.6 Å². The SMILES string of the molecule is CNCC(C)(C)CC(C)(C)N1CCC(CCCCNC(C)=O)CC1. The Kier molecular flexibility index (Phi) is 8.72. The van der Waals surface area contributed by atoms with E-state index in [1.807, 2.05) is 7.05 Å². The monoisotopic (exact) mass is 339 g/mol. The smallest absolute Gasteiger partial charge is 0.216 e. The van der Waals surface area contributed by atoms with Gasteiger partial charge >= 0.3 is 0 Å². The summed E-state index contributed by atoms with van der Waals surface area (Å²) < 4.78 is 0. The van der Waals surface area contributed by atoms with Crippen LogP contribution in [0.15, 0.2) is 0 Å². The van der Waals surface area contributed by atoms with Crippen LogP contribution in [0.2, 0.25) is 0 Å². The van der Waals surface area contributed by atoms with Crippen molar-refractivity contribution < 1.29 is 4.79 Å². The molecule has 0 aromatic rings. The van der Waals surface area contributed by atoms with Crippen molar-refractivity contribution >= 4 is 5.91 Å². The Hall–Kier alpha value is -0.610. The molecule has 0 aromatic heterocycles. The number of nitrogens with one attached hydrogen (secondary N) is 2. The Bertz CT molecular complexity index is 371. The molecule has 0 spiro atoms. The minimum Gasteiger partial charge on any atom is -0.356 e. The van der Waals surface area contributed by atoms with E-state index in [0.29, 0.717) is 5.41 Å². The summed E-state index contributed by atoms with van der Waals surface area (Å²) in [5.41, 5.74) is 0.607. The third-order valence-electron chi connectivity index (χ3n) is 5.45. The number of nitrogens with zero attached hydrogens (tertiary/aromatic N) is 1. The fourth-order valence-electron chi connectivity index (χ4n) is 4.47. The first kappa shape index (κ1) is 21.4. The van der Waals surface area contributed by atoms with Crippen molar-refractivity contribution in [2.45, 2.75) is 78.7 Å². The van der Waals surface area contributed by atoms with Gasteiger partial charge in [-0.25, -0.2) is 0 Å². The van der Waals surface area contributed by atoms with Crippen molar-refractivity contribution in [3.8, 4) is 0 Å². The average Bonchev–Trinajstić information content (AvgIpc) is 2.45. The molecule has 142 valence electrons. The molecule has 1 saturated heterocycles. The molecule has 0 radical (unpaired) electrons. The Morgan fingerprint density at radius 2 is 1.75 bits per heavy atom. The van der Waals surface area contributed by atoms with E-state index in [1.54, 1.807) is 6.92 Å². The van der Waals surface area contributed by atoms with E-state index in [-0.39, 0.29) is 11.4 Å². The summed E-state index contributed by atoms with van der Waals surface area (Å²) in [5.74, 6) is 0.964. The maximum atomic E-state index is 10.9. The van der Waals surface area contributed by atoms with Gasteiger partial charge in [-0.3, -0.25) is 9.69 Å². The van der Waals surface area contributed by atoms with E-state index in [2.05, 4.69) is 43.2 Å². The van der Waals surface area contributed by atoms with Crippen molar-refractivity contribution in [1.29, 1.82) is 0 Å². The van der Waals surface area contributed by atoms with Crippen LogP contribution in [-0.4, -0.2) is 49.6 Å². The van der Waals surface area contributed by atoms with Crippen LogP contribution in [0.5, 0.6) is 0 Å². The Morgan fingerprint density at radius 3 is 2.29 bits per heavy atom. The molecule has 0 saturated carbocycles. The molecule has 1 heterocycles. The summed E-state index contributed by atoms with van der Waals surface area (Å²) in [6, 6.07) is 0. The zero-order valence-electron chi connectivity index (χ0n) is 17.0. The number of hydrogen-bond donors (Lipinski definition) is 2. The highest BCUT2D eigenvalue weighted by Gasteiger charge is 2.35. The molecule has 1 aliphatic rings. The summed E-state index contributed by atoms with van der Waals surface area (Å²) >= 11 is 0. The average molecular weight is 340 g/mol. The van der Waals surface area contributed by atoms with Crippen LogP contribution in [0, 0.1) is 11.3 Å². The van der Waals surface area contributed by atoms with E-state index in [1.165, 1.54) is 45.2 Å². The molecule has 4 nitrogen and oxygen atoms in total. The molecule has 0 bridgehead atoms. The molecule has 1 fully saturated rings. The van der Waals surface area contributed by atoms with Crippen molar-refractivity contribution in [2.75, 3.05) is 33.2 Å². The van der Waals surface area contributed by atoms with Gasteiger partial charge < -0.3 is 10.6 Å². The van der Waals surface area contributed by atoms with Gasteiger partial charge in [-0.15, -0.1) is 0 Å². The number of unbranched alkanes of at least 4 members (excludes halogenated alkanes) is 1. The van der Waals surface area contributed by atoms with Gasteiger partial charge in [0.25, 0.3) is 0 Å². The summed E-state index contributed by atoms with van der Waals surface area (Å²) in [6.07, 6.45) is 7.56. The first-order chi connectivity index (χ1) is 11.2. The fourth-order valence-corrected chi connectivity index (χ4v) is 4.47. The van der Waals surface area contributed by atoms with Gasteiger partial charge in [-0.05, 0) is 71.0 Å². The van der Waals surface area contributed by atoms with Crippen molar-refractivity contribution in [1.82, 2.24) is 15.5 Å².